The highest BCUT2D eigenvalue weighted by Crippen LogP contribution is 2.17. The molecule has 0 saturated heterocycles. The van der Waals surface area contributed by atoms with Crippen molar-refractivity contribution in [2.24, 2.45) is 7.05 Å². The van der Waals surface area contributed by atoms with E-state index in [1.54, 1.807) is 6.20 Å². The highest BCUT2D eigenvalue weighted by molar-refractivity contribution is 5.74. The molecule has 0 aliphatic carbocycles. The molecule has 0 aliphatic heterocycles. The highest BCUT2D eigenvalue weighted by atomic mass is 15.1. The van der Waals surface area contributed by atoms with Gasteiger partial charge in [-0.1, -0.05) is 0 Å². The zero-order chi connectivity index (χ0) is 10.1. The van der Waals surface area contributed by atoms with Crippen LogP contribution in [0.4, 0.5) is 0 Å². The van der Waals surface area contributed by atoms with Crippen molar-refractivity contribution < 1.29 is 0 Å². The minimum atomic E-state index is 0.257. The van der Waals surface area contributed by atoms with E-state index in [-0.39, 0.29) is 6.04 Å². The van der Waals surface area contributed by atoms with Gasteiger partial charge in [-0.05, 0) is 20.0 Å². The van der Waals surface area contributed by atoms with Gasteiger partial charge in [-0.3, -0.25) is 4.98 Å². The van der Waals surface area contributed by atoms with Crippen LogP contribution < -0.4 is 5.32 Å². The first-order valence-corrected chi connectivity index (χ1v) is 4.67. The molecule has 1 N–H and O–H groups in total. The quantitative estimate of drug-likeness (QED) is 0.775. The van der Waals surface area contributed by atoms with Crippen LogP contribution in [0, 0.1) is 0 Å². The summed E-state index contributed by atoms with van der Waals surface area (Å²) in [5.74, 6) is 1.04. The average molecular weight is 190 g/mol. The molecule has 0 aliphatic rings. The molecule has 1 unspecified atom stereocenters. The summed E-state index contributed by atoms with van der Waals surface area (Å²) < 4.78 is 2.07. The third-order valence-electron chi connectivity index (χ3n) is 2.54. The van der Waals surface area contributed by atoms with Crippen LogP contribution in [0.1, 0.15) is 18.8 Å². The van der Waals surface area contributed by atoms with Gasteiger partial charge in [-0.25, -0.2) is 4.98 Å². The van der Waals surface area contributed by atoms with Gasteiger partial charge in [0.1, 0.15) is 5.82 Å². The molecule has 2 heterocycles. The lowest BCUT2D eigenvalue weighted by atomic mass is 10.3. The van der Waals surface area contributed by atoms with Crippen molar-refractivity contribution in [3.63, 3.8) is 0 Å². The van der Waals surface area contributed by atoms with E-state index >= 15 is 0 Å². The standard InChI is InChI=1S/C10H14N4/c1-7(11-2)10-13-8-4-5-12-6-9(8)14(10)3/h4-7,11H,1-3H3. The Morgan fingerprint density at radius 1 is 1.50 bits per heavy atom. The molecule has 0 amide bonds. The molecule has 2 aromatic rings. The van der Waals surface area contributed by atoms with E-state index in [4.69, 9.17) is 0 Å². The van der Waals surface area contributed by atoms with E-state index in [1.165, 1.54) is 0 Å². The van der Waals surface area contributed by atoms with Crippen LogP contribution in [0.5, 0.6) is 0 Å². The number of hydrogen-bond acceptors (Lipinski definition) is 3. The van der Waals surface area contributed by atoms with Crippen molar-refractivity contribution >= 4 is 11.0 Å². The molecule has 0 saturated carbocycles. The van der Waals surface area contributed by atoms with Gasteiger partial charge in [-0.2, -0.15) is 0 Å². The molecule has 14 heavy (non-hydrogen) atoms. The molecule has 1 atom stereocenters. The average Bonchev–Trinajstić information content (AvgIpc) is 2.56. The topological polar surface area (TPSA) is 42.7 Å². The molecular formula is C10H14N4. The fourth-order valence-electron chi connectivity index (χ4n) is 1.57. The minimum Gasteiger partial charge on any atom is -0.329 e. The van der Waals surface area contributed by atoms with E-state index < -0.39 is 0 Å². The lowest BCUT2D eigenvalue weighted by molar-refractivity contribution is 0.590. The number of fused-ring (bicyclic) bond motifs is 1. The second-order valence-electron chi connectivity index (χ2n) is 3.40. The summed E-state index contributed by atoms with van der Waals surface area (Å²) in [7, 11) is 3.95. The zero-order valence-corrected chi connectivity index (χ0v) is 8.65. The lowest BCUT2D eigenvalue weighted by Gasteiger charge is -2.09. The number of aromatic nitrogens is 3. The van der Waals surface area contributed by atoms with Crippen molar-refractivity contribution in [2.45, 2.75) is 13.0 Å². The Balaban J connectivity index is 2.62. The number of nitrogens with one attached hydrogen (secondary N) is 1. The highest BCUT2D eigenvalue weighted by Gasteiger charge is 2.11. The molecule has 4 nitrogen and oxygen atoms in total. The van der Waals surface area contributed by atoms with Crippen LogP contribution in [-0.2, 0) is 7.05 Å². The summed E-state index contributed by atoms with van der Waals surface area (Å²) in [5, 5.41) is 3.18. The maximum atomic E-state index is 4.54. The van der Waals surface area contributed by atoms with Crippen molar-refractivity contribution in [1.29, 1.82) is 0 Å². The first-order chi connectivity index (χ1) is 6.74. The molecule has 0 spiro atoms. The van der Waals surface area contributed by atoms with Crippen LogP contribution >= 0.6 is 0 Å². The largest absolute Gasteiger partial charge is 0.329 e. The van der Waals surface area contributed by atoms with Gasteiger partial charge in [0, 0.05) is 13.2 Å². The number of aryl methyl sites for hydroxylation is 1. The maximum absolute atomic E-state index is 4.54. The first kappa shape index (κ1) is 9.15. The van der Waals surface area contributed by atoms with Gasteiger partial charge in [-0.15, -0.1) is 0 Å². The molecule has 2 rings (SSSR count). The summed E-state index contributed by atoms with van der Waals surface area (Å²) in [6.45, 7) is 2.09. The SMILES string of the molecule is CNC(C)c1nc2ccncc2n1C. The lowest BCUT2D eigenvalue weighted by Crippen LogP contribution is -2.16. The van der Waals surface area contributed by atoms with Gasteiger partial charge in [0.25, 0.3) is 0 Å². The molecule has 74 valence electrons. The molecule has 2 aromatic heterocycles. The van der Waals surface area contributed by atoms with E-state index in [2.05, 4.69) is 26.8 Å². The van der Waals surface area contributed by atoms with E-state index in [0.717, 1.165) is 16.9 Å². The fraction of sp³-hybridized carbons (Fsp3) is 0.400. The maximum Gasteiger partial charge on any atom is 0.126 e. The Bertz CT molecular complexity index is 446. The van der Waals surface area contributed by atoms with Gasteiger partial charge >= 0.3 is 0 Å². The number of nitrogens with zero attached hydrogens (tertiary/aromatic N) is 3. The van der Waals surface area contributed by atoms with Gasteiger partial charge < -0.3 is 9.88 Å². The van der Waals surface area contributed by atoms with Gasteiger partial charge in [0.15, 0.2) is 0 Å². The predicted octanol–water partition coefficient (Wildman–Crippen LogP) is 1.25. The van der Waals surface area contributed by atoms with E-state index in [1.807, 2.05) is 26.4 Å². The second-order valence-corrected chi connectivity index (χ2v) is 3.40. The summed E-state index contributed by atoms with van der Waals surface area (Å²) in [4.78, 5) is 8.63. The third kappa shape index (κ3) is 1.28. The van der Waals surface area contributed by atoms with Crippen LogP contribution in [-0.4, -0.2) is 21.6 Å². The van der Waals surface area contributed by atoms with Crippen LogP contribution in [0.2, 0.25) is 0 Å². The Morgan fingerprint density at radius 3 is 2.93 bits per heavy atom. The van der Waals surface area contributed by atoms with Crippen molar-refractivity contribution in [3.05, 3.63) is 24.3 Å². The summed E-state index contributed by atoms with van der Waals surface area (Å²) in [6.07, 6.45) is 3.61. The van der Waals surface area contributed by atoms with E-state index in [9.17, 15) is 0 Å². The summed E-state index contributed by atoms with van der Waals surface area (Å²) >= 11 is 0. The smallest absolute Gasteiger partial charge is 0.126 e. The van der Waals surface area contributed by atoms with Gasteiger partial charge in [0.2, 0.25) is 0 Å². The summed E-state index contributed by atoms with van der Waals surface area (Å²) in [5.41, 5.74) is 2.07. The number of imidazole rings is 1. The van der Waals surface area contributed by atoms with Crippen LogP contribution in [0.15, 0.2) is 18.5 Å². The van der Waals surface area contributed by atoms with Crippen molar-refractivity contribution in [3.8, 4) is 0 Å². The van der Waals surface area contributed by atoms with Gasteiger partial charge in [0.05, 0.1) is 23.3 Å². The molecule has 0 bridgehead atoms. The third-order valence-corrected chi connectivity index (χ3v) is 2.54. The normalized spacial score (nSPS) is 13.4. The Kier molecular flexibility index (Phi) is 2.21. The molecule has 0 radical (unpaired) electrons. The monoisotopic (exact) mass is 190 g/mol. The Morgan fingerprint density at radius 2 is 2.29 bits per heavy atom. The molecular weight excluding hydrogens is 176 g/mol. The minimum absolute atomic E-state index is 0.257. The number of hydrogen-bond donors (Lipinski definition) is 1. The predicted molar refractivity (Wildman–Crippen MR) is 56.0 cm³/mol. The van der Waals surface area contributed by atoms with E-state index in [0.29, 0.717) is 0 Å². The van der Waals surface area contributed by atoms with Crippen molar-refractivity contribution in [1.82, 2.24) is 19.9 Å². The number of pyridine rings is 1. The fourth-order valence-corrected chi connectivity index (χ4v) is 1.57. The summed E-state index contributed by atoms with van der Waals surface area (Å²) in [6, 6.07) is 2.19. The molecule has 0 aromatic carbocycles. The Labute approximate surface area is 83.0 Å². The molecule has 4 heteroatoms. The Hall–Kier alpha value is -1.42. The van der Waals surface area contributed by atoms with Crippen LogP contribution in [0.25, 0.3) is 11.0 Å². The molecule has 0 fully saturated rings. The van der Waals surface area contributed by atoms with Crippen LogP contribution in [0.3, 0.4) is 0 Å². The second kappa shape index (κ2) is 3.38. The zero-order valence-electron chi connectivity index (χ0n) is 8.65. The first-order valence-electron chi connectivity index (χ1n) is 4.67. The number of rotatable bonds is 2. The van der Waals surface area contributed by atoms with Crippen molar-refractivity contribution in [2.75, 3.05) is 7.05 Å².